The van der Waals surface area contributed by atoms with Crippen LogP contribution >= 0.6 is 0 Å². The van der Waals surface area contributed by atoms with E-state index in [0.29, 0.717) is 55.5 Å². The molecule has 0 bridgehead atoms. The molecule has 230 valence electrons. The Morgan fingerprint density at radius 3 is 1.77 bits per heavy atom. The number of carbonyl (C=O) groups excluding carboxylic acids is 1. The summed E-state index contributed by atoms with van der Waals surface area (Å²) in [6, 6.07) is 28.3. The fourth-order valence-corrected chi connectivity index (χ4v) is 8.31. The topological polar surface area (TPSA) is 81.8 Å². The third kappa shape index (κ3) is 6.60. The number of hydrogen-bond acceptors (Lipinski definition) is 4. The molecule has 2 aliphatic heterocycles. The van der Waals surface area contributed by atoms with Gasteiger partial charge in [0.15, 0.2) is 0 Å². The fraction of sp³-hybridized carbons (Fsp3) is 0.457. The van der Waals surface area contributed by atoms with E-state index in [2.05, 4.69) is 66.9 Å². The highest BCUT2D eigenvalue weighted by molar-refractivity contribution is 7.87. The molecule has 8 heteroatoms. The number of piperidine rings is 2. The number of carbonyl (C=O) groups is 1. The lowest BCUT2D eigenvalue weighted by atomic mass is 9.68. The summed E-state index contributed by atoms with van der Waals surface area (Å²) in [5.41, 5.74) is 3.64. The molecule has 2 heterocycles. The van der Waals surface area contributed by atoms with Crippen molar-refractivity contribution < 1.29 is 13.2 Å². The van der Waals surface area contributed by atoms with Crippen molar-refractivity contribution in [2.75, 3.05) is 23.3 Å². The monoisotopic (exact) mass is 602 g/mol. The Labute approximate surface area is 257 Å². The van der Waals surface area contributed by atoms with E-state index in [4.69, 9.17) is 0 Å². The molecule has 0 aromatic heterocycles. The molecule has 3 aromatic rings. The number of rotatable bonds is 8. The zero-order chi connectivity index (χ0) is 30.6. The van der Waals surface area contributed by atoms with E-state index in [1.807, 2.05) is 60.7 Å². The molecule has 2 fully saturated rings. The first-order valence-electron chi connectivity index (χ1n) is 15.7. The Kier molecular flexibility index (Phi) is 9.47. The summed E-state index contributed by atoms with van der Waals surface area (Å²) in [6.07, 6.45) is 4.61. The van der Waals surface area contributed by atoms with Crippen LogP contribution in [0.3, 0.4) is 0 Å². The van der Waals surface area contributed by atoms with Gasteiger partial charge in [0.05, 0.1) is 11.4 Å². The zero-order valence-corrected chi connectivity index (χ0v) is 26.7. The molecular formula is C35H46N4O3S. The number of amides is 2. The fourth-order valence-electron chi connectivity index (χ4n) is 7.23. The van der Waals surface area contributed by atoms with Crippen molar-refractivity contribution in [1.29, 1.82) is 0 Å². The second-order valence-electron chi connectivity index (χ2n) is 12.8. The Morgan fingerprint density at radius 1 is 0.767 bits per heavy atom. The molecule has 2 unspecified atom stereocenters. The van der Waals surface area contributed by atoms with E-state index < -0.39 is 16.2 Å². The Hall–Kier alpha value is -3.36. The molecule has 2 amide bonds. The lowest BCUT2D eigenvalue weighted by Crippen LogP contribution is -2.52. The van der Waals surface area contributed by atoms with E-state index in [1.54, 1.807) is 0 Å². The summed E-state index contributed by atoms with van der Waals surface area (Å²) in [4.78, 5) is 15.7. The smallest absolute Gasteiger partial charge is 0.333 e. The highest BCUT2D eigenvalue weighted by Crippen LogP contribution is 2.42. The number of urea groups is 1. The highest BCUT2D eigenvalue weighted by atomic mass is 32.2. The summed E-state index contributed by atoms with van der Waals surface area (Å²) in [6.45, 7) is 9.61. The molecule has 0 aliphatic carbocycles. The second kappa shape index (κ2) is 13.1. The van der Waals surface area contributed by atoms with Crippen LogP contribution in [0.5, 0.6) is 0 Å². The molecule has 2 aliphatic rings. The van der Waals surface area contributed by atoms with E-state index in [0.717, 1.165) is 18.5 Å². The number of nitrogens with one attached hydrogen (secondary N) is 2. The summed E-state index contributed by atoms with van der Waals surface area (Å²) >= 11 is 0. The maximum atomic E-state index is 13.5. The number of hydrogen-bond donors (Lipinski definition) is 2. The Bertz CT molecular complexity index is 1410. The second-order valence-corrected chi connectivity index (χ2v) is 14.4. The highest BCUT2D eigenvalue weighted by Gasteiger charge is 2.41. The first-order valence-corrected chi connectivity index (χ1v) is 17.1. The zero-order valence-electron chi connectivity index (χ0n) is 25.9. The normalized spacial score (nSPS) is 21.1. The summed E-state index contributed by atoms with van der Waals surface area (Å²) < 4.78 is 30.7. The van der Waals surface area contributed by atoms with Crippen LogP contribution in [0, 0.1) is 11.8 Å². The maximum absolute atomic E-state index is 13.5. The average molecular weight is 603 g/mol. The summed E-state index contributed by atoms with van der Waals surface area (Å²) in [7, 11) is -4.05. The van der Waals surface area contributed by atoms with Crippen molar-refractivity contribution in [3.63, 3.8) is 0 Å². The maximum Gasteiger partial charge on any atom is 0.333 e. The summed E-state index contributed by atoms with van der Waals surface area (Å²) in [5, 5.41) is 2.89. The quantitative estimate of drug-likeness (QED) is 0.286. The molecule has 3 aromatic carbocycles. The number of nitrogens with zero attached hydrogens (tertiary/aromatic N) is 2. The van der Waals surface area contributed by atoms with Crippen LogP contribution in [0.1, 0.15) is 70.9 Å². The van der Waals surface area contributed by atoms with Crippen molar-refractivity contribution in [1.82, 2.24) is 9.03 Å². The van der Waals surface area contributed by atoms with E-state index in [9.17, 15) is 13.2 Å². The van der Waals surface area contributed by atoms with Gasteiger partial charge in [-0.05, 0) is 67.2 Å². The van der Waals surface area contributed by atoms with Crippen LogP contribution in [0.2, 0.25) is 0 Å². The minimum Gasteiger partial charge on any atom is -0.363 e. The van der Waals surface area contributed by atoms with Crippen molar-refractivity contribution in [2.24, 2.45) is 11.8 Å². The predicted molar refractivity (Wildman–Crippen MR) is 176 cm³/mol. The number of anilines is 2. The first kappa shape index (κ1) is 31.1. The van der Waals surface area contributed by atoms with Gasteiger partial charge in [-0.1, -0.05) is 100 Å². The number of para-hydroxylation sites is 2. The molecule has 7 nitrogen and oxygen atoms in total. The third-order valence-corrected chi connectivity index (χ3v) is 11.0. The van der Waals surface area contributed by atoms with Crippen LogP contribution in [0.15, 0.2) is 84.9 Å². The molecule has 2 saturated heterocycles. The predicted octanol–water partition coefficient (Wildman–Crippen LogP) is 7.17. The molecule has 43 heavy (non-hydrogen) atoms. The van der Waals surface area contributed by atoms with Crippen LogP contribution in [-0.4, -0.2) is 43.9 Å². The van der Waals surface area contributed by atoms with Crippen LogP contribution in [0.25, 0.3) is 0 Å². The van der Waals surface area contributed by atoms with Gasteiger partial charge >= 0.3 is 16.2 Å². The van der Waals surface area contributed by atoms with Gasteiger partial charge in [-0.15, -0.1) is 0 Å². The number of benzene rings is 3. The van der Waals surface area contributed by atoms with Crippen molar-refractivity contribution in [3.8, 4) is 0 Å². The molecule has 0 saturated carbocycles. The van der Waals surface area contributed by atoms with Crippen molar-refractivity contribution in [3.05, 3.63) is 96.1 Å². The van der Waals surface area contributed by atoms with Gasteiger partial charge in [0.1, 0.15) is 0 Å². The SMILES string of the molecule is CC(C)C1CCCC(C(C)C)N1c1ccccc1NC(=O)NS(=O)(=O)N1CCC(c2ccccc2)(c2ccccc2)CC1. The van der Waals surface area contributed by atoms with Crippen LogP contribution < -0.4 is 14.9 Å². The van der Waals surface area contributed by atoms with E-state index in [-0.39, 0.29) is 5.41 Å². The lowest BCUT2D eigenvalue weighted by molar-refractivity contribution is 0.250. The van der Waals surface area contributed by atoms with Gasteiger partial charge in [0, 0.05) is 30.6 Å². The minimum absolute atomic E-state index is 0.288. The average Bonchev–Trinajstić information content (AvgIpc) is 3.01. The van der Waals surface area contributed by atoms with Gasteiger partial charge < -0.3 is 10.2 Å². The van der Waals surface area contributed by atoms with Crippen LogP contribution in [-0.2, 0) is 15.6 Å². The standard InChI is InChI=1S/C35H46N4O3S/c1-26(2)31-20-13-21-32(27(3)4)39(31)33-19-12-11-18-30(33)36-34(40)37-43(41,42)38-24-22-35(23-25-38,28-14-7-5-8-15-28)29-16-9-6-10-17-29/h5-12,14-19,26-27,31-32H,13,20-25H2,1-4H3,(H2,36,37,40). The largest absolute Gasteiger partial charge is 0.363 e. The first-order chi connectivity index (χ1) is 20.6. The lowest BCUT2D eigenvalue weighted by Gasteiger charge is -2.48. The Morgan fingerprint density at radius 2 is 1.26 bits per heavy atom. The summed E-state index contributed by atoms with van der Waals surface area (Å²) in [5.74, 6) is 0.892. The molecule has 2 atom stereocenters. The van der Waals surface area contributed by atoms with Gasteiger partial charge in [-0.2, -0.15) is 12.7 Å². The molecular weight excluding hydrogens is 556 g/mol. The molecule has 2 N–H and O–H groups in total. The van der Waals surface area contributed by atoms with Crippen molar-refractivity contribution >= 4 is 27.6 Å². The van der Waals surface area contributed by atoms with Gasteiger partial charge in [0.2, 0.25) is 0 Å². The van der Waals surface area contributed by atoms with Crippen molar-refractivity contribution in [2.45, 2.75) is 77.3 Å². The van der Waals surface area contributed by atoms with E-state index in [1.165, 1.54) is 21.9 Å². The van der Waals surface area contributed by atoms with Crippen LogP contribution in [0.4, 0.5) is 16.2 Å². The third-order valence-electron chi connectivity index (χ3n) is 9.47. The van der Waals surface area contributed by atoms with Gasteiger partial charge in [-0.3, -0.25) is 0 Å². The molecule has 0 radical (unpaired) electrons. The Balaban J connectivity index is 1.32. The minimum atomic E-state index is -4.05. The van der Waals surface area contributed by atoms with Gasteiger partial charge in [0.25, 0.3) is 0 Å². The van der Waals surface area contributed by atoms with Gasteiger partial charge in [-0.25, -0.2) is 9.52 Å². The molecule has 0 spiro atoms. The van der Waals surface area contributed by atoms with E-state index >= 15 is 0 Å². The molecule has 5 rings (SSSR count).